The highest BCUT2D eigenvalue weighted by atomic mass is 15.3. The van der Waals surface area contributed by atoms with Gasteiger partial charge in [0.25, 0.3) is 0 Å². The molecule has 0 bridgehead atoms. The van der Waals surface area contributed by atoms with Crippen molar-refractivity contribution in [2.45, 2.75) is 39.2 Å². The molecule has 1 atom stereocenters. The van der Waals surface area contributed by atoms with Crippen LogP contribution in [0.2, 0.25) is 0 Å². The van der Waals surface area contributed by atoms with Crippen LogP contribution in [0, 0.1) is 6.92 Å². The molecule has 1 saturated heterocycles. The number of hydrogen-bond acceptors (Lipinski definition) is 3. The number of nitrogens with two attached hydrogens (primary N) is 1. The van der Waals surface area contributed by atoms with Gasteiger partial charge < -0.3 is 10.6 Å². The number of nitrogens with zero attached hydrogens (tertiary/aromatic N) is 2. The van der Waals surface area contributed by atoms with Gasteiger partial charge in [-0.05, 0) is 26.2 Å². The summed E-state index contributed by atoms with van der Waals surface area (Å²) in [6.45, 7) is 6.28. The molecular formula is C11H20N4. The van der Waals surface area contributed by atoms with Gasteiger partial charge in [-0.3, -0.25) is 5.10 Å². The number of aryl methyl sites for hydroxylation is 1. The topological polar surface area (TPSA) is 57.9 Å². The molecule has 3 N–H and O–H groups in total. The average molecular weight is 208 g/mol. The highest BCUT2D eigenvalue weighted by Crippen LogP contribution is 2.23. The zero-order valence-electron chi connectivity index (χ0n) is 9.58. The SMILES string of the molecule is CCc1c(N2CCCC(N)C2)n[nH]c1C. The van der Waals surface area contributed by atoms with E-state index in [0.29, 0.717) is 6.04 Å². The summed E-state index contributed by atoms with van der Waals surface area (Å²) in [5, 5.41) is 7.46. The van der Waals surface area contributed by atoms with Crippen LogP contribution in [-0.2, 0) is 6.42 Å². The fraction of sp³-hybridized carbons (Fsp3) is 0.727. The first kappa shape index (κ1) is 10.5. The summed E-state index contributed by atoms with van der Waals surface area (Å²) in [6, 6.07) is 0.306. The van der Waals surface area contributed by atoms with E-state index < -0.39 is 0 Å². The Morgan fingerprint density at radius 3 is 3.07 bits per heavy atom. The summed E-state index contributed by atoms with van der Waals surface area (Å²) >= 11 is 0. The third-order valence-electron chi connectivity index (χ3n) is 3.16. The van der Waals surface area contributed by atoms with Gasteiger partial charge in [0.2, 0.25) is 0 Å². The standard InChI is InChI=1S/C11H20N4/c1-3-10-8(2)13-14-11(10)15-6-4-5-9(12)7-15/h9H,3-7,12H2,1-2H3,(H,13,14). The van der Waals surface area contributed by atoms with Crippen molar-refractivity contribution in [1.29, 1.82) is 0 Å². The van der Waals surface area contributed by atoms with Crippen molar-refractivity contribution in [2.75, 3.05) is 18.0 Å². The molecule has 1 aromatic rings. The number of anilines is 1. The summed E-state index contributed by atoms with van der Waals surface area (Å²) in [5.41, 5.74) is 8.50. The minimum absolute atomic E-state index is 0.306. The molecule has 1 aliphatic rings. The Hall–Kier alpha value is -1.03. The van der Waals surface area contributed by atoms with Crippen molar-refractivity contribution in [3.8, 4) is 0 Å². The van der Waals surface area contributed by atoms with Gasteiger partial charge in [0.1, 0.15) is 0 Å². The zero-order valence-corrected chi connectivity index (χ0v) is 9.58. The van der Waals surface area contributed by atoms with Crippen LogP contribution in [0.4, 0.5) is 5.82 Å². The van der Waals surface area contributed by atoms with Gasteiger partial charge >= 0.3 is 0 Å². The Bertz CT molecular complexity index is 331. The van der Waals surface area contributed by atoms with Crippen LogP contribution in [-0.4, -0.2) is 29.3 Å². The normalized spacial score (nSPS) is 22.1. The summed E-state index contributed by atoms with van der Waals surface area (Å²) in [5.74, 6) is 1.12. The maximum Gasteiger partial charge on any atom is 0.153 e. The molecule has 2 rings (SSSR count). The van der Waals surface area contributed by atoms with Crippen molar-refractivity contribution >= 4 is 5.82 Å². The van der Waals surface area contributed by atoms with Crippen LogP contribution in [0.15, 0.2) is 0 Å². The van der Waals surface area contributed by atoms with E-state index in [9.17, 15) is 0 Å². The molecule has 0 spiro atoms. The number of piperidine rings is 1. The fourth-order valence-corrected chi connectivity index (χ4v) is 2.33. The number of aromatic nitrogens is 2. The second kappa shape index (κ2) is 4.23. The van der Waals surface area contributed by atoms with Crippen molar-refractivity contribution in [2.24, 2.45) is 5.73 Å². The number of aromatic amines is 1. The van der Waals surface area contributed by atoms with Crippen LogP contribution in [0.1, 0.15) is 31.0 Å². The number of hydrogen-bond donors (Lipinski definition) is 2. The van der Waals surface area contributed by atoms with E-state index in [1.807, 2.05) is 0 Å². The van der Waals surface area contributed by atoms with Crippen LogP contribution in [0.3, 0.4) is 0 Å². The van der Waals surface area contributed by atoms with Crippen molar-refractivity contribution < 1.29 is 0 Å². The average Bonchev–Trinajstić information content (AvgIpc) is 2.59. The lowest BCUT2D eigenvalue weighted by atomic mass is 10.1. The van der Waals surface area contributed by atoms with E-state index in [2.05, 4.69) is 28.9 Å². The molecule has 1 aromatic heterocycles. The van der Waals surface area contributed by atoms with Crippen LogP contribution >= 0.6 is 0 Å². The summed E-state index contributed by atoms with van der Waals surface area (Å²) in [6.07, 6.45) is 3.35. The van der Waals surface area contributed by atoms with E-state index in [0.717, 1.165) is 31.7 Å². The van der Waals surface area contributed by atoms with Crippen LogP contribution < -0.4 is 10.6 Å². The number of nitrogens with one attached hydrogen (secondary N) is 1. The molecule has 4 heteroatoms. The van der Waals surface area contributed by atoms with Crippen molar-refractivity contribution in [3.05, 3.63) is 11.3 Å². The predicted octanol–water partition coefficient (Wildman–Crippen LogP) is 1.21. The lowest BCUT2D eigenvalue weighted by molar-refractivity contribution is 0.502. The molecule has 0 amide bonds. The molecule has 4 nitrogen and oxygen atoms in total. The molecule has 1 aliphatic heterocycles. The maximum atomic E-state index is 5.98. The smallest absolute Gasteiger partial charge is 0.153 e. The van der Waals surface area contributed by atoms with Gasteiger partial charge in [-0.15, -0.1) is 0 Å². The van der Waals surface area contributed by atoms with Gasteiger partial charge in [0.05, 0.1) is 0 Å². The maximum absolute atomic E-state index is 5.98. The summed E-state index contributed by atoms with van der Waals surface area (Å²) in [7, 11) is 0. The first-order valence-corrected chi connectivity index (χ1v) is 5.76. The Balaban J connectivity index is 2.20. The highest BCUT2D eigenvalue weighted by Gasteiger charge is 2.21. The third-order valence-corrected chi connectivity index (χ3v) is 3.16. The Labute approximate surface area is 90.8 Å². The third kappa shape index (κ3) is 2.00. The largest absolute Gasteiger partial charge is 0.353 e. The molecule has 15 heavy (non-hydrogen) atoms. The molecule has 0 aromatic carbocycles. The van der Waals surface area contributed by atoms with E-state index in [1.165, 1.54) is 17.7 Å². The first-order valence-electron chi connectivity index (χ1n) is 5.76. The van der Waals surface area contributed by atoms with E-state index in [1.54, 1.807) is 0 Å². The Morgan fingerprint density at radius 2 is 2.40 bits per heavy atom. The fourth-order valence-electron chi connectivity index (χ4n) is 2.33. The molecule has 0 saturated carbocycles. The second-order valence-electron chi connectivity index (χ2n) is 4.35. The van der Waals surface area contributed by atoms with Gasteiger partial charge in [-0.2, -0.15) is 5.10 Å². The molecule has 1 fully saturated rings. The van der Waals surface area contributed by atoms with E-state index in [-0.39, 0.29) is 0 Å². The van der Waals surface area contributed by atoms with Gasteiger partial charge in [-0.25, -0.2) is 0 Å². The highest BCUT2D eigenvalue weighted by molar-refractivity contribution is 5.49. The number of H-pyrrole nitrogens is 1. The molecule has 1 unspecified atom stereocenters. The van der Waals surface area contributed by atoms with E-state index >= 15 is 0 Å². The predicted molar refractivity (Wildman–Crippen MR) is 62.1 cm³/mol. The monoisotopic (exact) mass is 208 g/mol. The molecular weight excluding hydrogens is 188 g/mol. The van der Waals surface area contributed by atoms with Crippen molar-refractivity contribution in [1.82, 2.24) is 10.2 Å². The Kier molecular flexibility index (Phi) is 2.95. The van der Waals surface area contributed by atoms with Crippen molar-refractivity contribution in [3.63, 3.8) is 0 Å². The quantitative estimate of drug-likeness (QED) is 0.768. The van der Waals surface area contributed by atoms with Gasteiger partial charge in [-0.1, -0.05) is 6.92 Å². The lowest BCUT2D eigenvalue weighted by Crippen LogP contribution is -2.43. The molecule has 84 valence electrons. The summed E-state index contributed by atoms with van der Waals surface area (Å²) in [4.78, 5) is 2.32. The first-order chi connectivity index (χ1) is 7.22. The van der Waals surface area contributed by atoms with Crippen LogP contribution in [0.5, 0.6) is 0 Å². The molecule has 0 aliphatic carbocycles. The lowest BCUT2D eigenvalue weighted by Gasteiger charge is -2.31. The second-order valence-corrected chi connectivity index (χ2v) is 4.35. The zero-order chi connectivity index (χ0) is 10.8. The number of rotatable bonds is 2. The minimum Gasteiger partial charge on any atom is -0.353 e. The minimum atomic E-state index is 0.306. The van der Waals surface area contributed by atoms with Gasteiger partial charge in [0.15, 0.2) is 5.82 Å². The van der Waals surface area contributed by atoms with Gasteiger partial charge in [0, 0.05) is 30.4 Å². The molecule has 0 radical (unpaired) electrons. The molecule has 2 heterocycles. The van der Waals surface area contributed by atoms with E-state index in [4.69, 9.17) is 5.73 Å². The summed E-state index contributed by atoms with van der Waals surface area (Å²) < 4.78 is 0. The Morgan fingerprint density at radius 1 is 1.60 bits per heavy atom. The van der Waals surface area contributed by atoms with Crippen LogP contribution in [0.25, 0.3) is 0 Å².